The van der Waals surface area contributed by atoms with E-state index in [1.807, 2.05) is 12.1 Å². The Morgan fingerprint density at radius 2 is 2.20 bits per heavy atom. The van der Waals surface area contributed by atoms with Crippen LogP contribution < -0.4 is 10.6 Å². The first-order chi connectivity index (χ1) is 7.22. The predicted octanol–water partition coefficient (Wildman–Crippen LogP) is 2.13. The summed E-state index contributed by atoms with van der Waals surface area (Å²) in [5.41, 5.74) is 7.97. The van der Waals surface area contributed by atoms with Crippen LogP contribution in [0.5, 0.6) is 0 Å². The first-order valence-corrected chi connectivity index (χ1v) is 5.25. The van der Waals surface area contributed by atoms with E-state index in [4.69, 9.17) is 11.0 Å². The van der Waals surface area contributed by atoms with E-state index < -0.39 is 0 Å². The number of nitrogens with zero attached hydrogens (tertiary/aromatic N) is 2. The number of benzene rings is 1. The highest BCUT2D eigenvalue weighted by Crippen LogP contribution is 2.30. The van der Waals surface area contributed by atoms with Gasteiger partial charge >= 0.3 is 0 Å². The lowest BCUT2D eigenvalue weighted by Gasteiger charge is -2.36. The molecule has 0 radical (unpaired) electrons. The van der Waals surface area contributed by atoms with Gasteiger partial charge in [-0.25, -0.2) is 0 Å². The van der Waals surface area contributed by atoms with Crippen LogP contribution in [-0.4, -0.2) is 13.1 Å². The molecule has 3 heteroatoms. The van der Waals surface area contributed by atoms with Gasteiger partial charge in [0.25, 0.3) is 0 Å². The molecule has 0 heterocycles. The fourth-order valence-corrected chi connectivity index (χ4v) is 1.92. The molecule has 1 aliphatic rings. The first kappa shape index (κ1) is 9.85. The molecular weight excluding hydrogens is 186 g/mol. The molecule has 1 aromatic rings. The number of hydrogen-bond donors (Lipinski definition) is 1. The fourth-order valence-electron chi connectivity index (χ4n) is 1.92. The predicted molar refractivity (Wildman–Crippen MR) is 61.6 cm³/mol. The van der Waals surface area contributed by atoms with Gasteiger partial charge in [0.2, 0.25) is 0 Å². The molecule has 1 aliphatic carbocycles. The molecule has 1 saturated carbocycles. The van der Waals surface area contributed by atoms with Gasteiger partial charge in [0.15, 0.2) is 0 Å². The second-order valence-electron chi connectivity index (χ2n) is 4.08. The minimum atomic E-state index is 0.598. The molecule has 3 nitrogen and oxygen atoms in total. The number of anilines is 2. The highest BCUT2D eigenvalue weighted by atomic mass is 15.1. The van der Waals surface area contributed by atoms with Crippen LogP contribution in [0, 0.1) is 11.3 Å². The van der Waals surface area contributed by atoms with Gasteiger partial charge in [-0.15, -0.1) is 0 Å². The zero-order valence-electron chi connectivity index (χ0n) is 8.90. The van der Waals surface area contributed by atoms with E-state index in [2.05, 4.69) is 18.0 Å². The molecule has 2 rings (SSSR count). The normalized spacial score (nSPS) is 15.5. The zero-order valence-corrected chi connectivity index (χ0v) is 8.90. The van der Waals surface area contributed by atoms with Crippen molar-refractivity contribution in [3.63, 3.8) is 0 Å². The Morgan fingerprint density at radius 1 is 1.47 bits per heavy atom. The van der Waals surface area contributed by atoms with Crippen molar-refractivity contribution >= 4 is 11.4 Å². The van der Waals surface area contributed by atoms with E-state index in [0.29, 0.717) is 17.3 Å². The van der Waals surface area contributed by atoms with Crippen LogP contribution >= 0.6 is 0 Å². The molecule has 2 N–H and O–H groups in total. The molecule has 0 amide bonds. The number of nitrogens with two attached hydrogens (primary N) is 1. The quantitative estimate of drug-likeness (QED) is 0.746. The van der Waals surface area contributed by atoms with Crippen molar-refractivity contribution < 1.29 is 0 Å². The molecule has 1 aromatic carbocycles. The number of hydrogen-bond acceptors (Lipinski definition) is 3. The molecule has 0 aromatic heterocycles. The number of rotatable bonds is 2. The topological polar surface area (TPSA) is 53.0 Å². The average Bonchev–Trinajstić information content (AvgIpc) is 2.14. The third-order valence-corrected chi connectivity index (χ3v) is 3.14. The highest BCUT2D eigenvalue weighted by Gasteiger charge is 2.23. The Kier molecular flexibility index (Phi) is 2.51. The number of nitrogen functional groups attached to an aromatic ring is 1. The molecule has 0 aliphatic heterocycles. The lowest BCUT2D eigenvalue weighted by Crippen LogP contribution is -2.37. The summed E-state index contributed by atoms with van der Waals surface area (Å²) in [5, 5.41) is 9.03. The summed E-state index contributed by atoms with van der Waals surface area (Å²) in [5.74, 6) is 0. The minimum Gasteiger partial charge on any atom is -0.399 e. The molecule has 0 saturated heterocycles. The summed E-state index contributed by atoms with van der Waals surface area (Å²) in [6.45, 7) is 0. The van der Waals surface area contributed by atoms with E-state index in [1.165, 1.54) is 19.3 Å². The third kappa shape index (κ3) is 1.75. The Bertz CT molecular complexity index is 402. The maximum atomic E-state index is 9.03. The van der Waals surface area contributed by atoms with E-state index in [-0.39, 0.29) is 0 Å². The Morgan fingerprint density at radius 3 is 2.73 bits per heavy atom. The van der Waals surface area contributed by atoms with Crippen molar-refractivity contribution in [3.8, 4) is 6.07 Å². The van der Waals surface area contributed by atoms with Crippen LogP contribution in [-0.2, 0) is 0 Å². The van der Waals surface area contributed by atoms with Gasteiger partial charge in [0, 0.05) is 18.8 Å². The van der Waals surface area contributed by atoms with E-state index in [1.54, 1.807) is 6.07 Å². The second-order valence-corrected chi connectivity index (χ2v) is 4.08. The van der Waals surface area contributed by atoms with Crippen LogP contribution in [0.1, 0.15) is 24.8 Å². The molecule has 78 valence electrons. The van der Waals surface area contributed by atoms with E-state index >= 15 is 0 Å². The molecular formula is C12H15N3. The Hall–Kier alpha value is -1.69. The van der Waals surface area contributed by atoms with Gasteiger partial charge in [0.1, 0.15) is 6.07 Å². The number of nitriles is 1. The van der Waals surface area contributed by atoms with Gasteiger partial charge in [0.05, 0.1) is 11.3 Å². The summed E-state index contributed by atoms with van der Waals surface area (Å²) in [4.78, 5) is 2.20. The molecule has 0 bridgehead atoms. The minimum absolute atomic E-state index is 0.598. The Balaban J connectivity index is 2.30. The molecule has 0 atom stereocenters. The summed E-state index contributed by atoms with van der Waals surface area (Å²) in [6.07, 6.45) is 3.75. The van der Waals surface area contributed by atoms with Gasteiger partial charge in [-0.1, -0.05) is 0 Å². The van der Waals surface area contributed by atoms with Crippen molar-refractivity contribution in [1.29, 1.82) is 5.26 Å². The molecule has 15 heavy (non-hydrogen) atoms. The van der Waals surface area contributed by atoms with Crippen molar-refractivity contribution in [2.45, 2.75) is 25.3 Å². The van der Waals surface area contributed by atoms with Crippen LogP contribution in [0.2, 0.25) is 0 Å². The van der Waals surface area contributed by atoms with Crippen LogP contribution in [0.3, 0.4) is 0 Å². The molecule has 0 spiro atoms. The lowest BCUT2D eigenvalue weighted by atomic mass is 9.91. The fraction of sp³-hybridized carbons (Fsp3) is 0.417. The maximum absolute atomic E-state index is 9.03. The van der Waals surface area contributed by atoms with Gasteiger partial charge in [-0.3, -0.25) is 0 Å². The first-order valence-electron chi connectivity index (χ1n) is 5.25. The zero-order chi connectivity index (χ0) is 10.8. The third-order valence-electron chi connectivity index (χ3n) is 3.14. The van der Waals surface area contributed by atoms with E-state index in [9.17, 15) is 0 Å². The molecule has 0 unspecified atom stereocenters. The van der Waals surface area contributed by atoms with Crippen molar-refractivity contribution in [3.05, 3.63) is 23.8 Å². The van der Waals surface area contributed by atoms with E-state index in [0.717, 1.165) is 5.69 Å². The monoisotopic (exact) mass is 201 g/mol. The van der Waals surface area contributed by atoms with Crippen LogP contribution in [0.25, 0.3) is 0 Å². The summed E-state index contributed by atoms with van der Waals surface area (Å²) < 4.78 is 0. The summed E-state index contributed by atoms with van der Waals surface area (Å²) >= 11 is 0. The SMILES string of the molecule is CN(c1ccc(N)cc1C#N)C1CCC1. The van der Waals surface area contributed by atoms with Gasteiger partial charge in [-0.2, -0.15) is 5.26 Å². The standard InChI is InChI=1S/C12H15N3/c1-15(11-3-2-4-11)12-6-5-10(14)7-9(12)8-13/h5-7,11H,2-4,14H2,1H3. The smallest absolute Gasteiger partial charge is 0.101 e. The molecule has 1 fully saturated rings. The average molecular weight is 201 g/mol. The summed E-state index contributed by atoms with van der Waals surface area (Å²) in [7, 11) is 2.05. The van der Waals surface area contributed by atoms with Gasteiger partial charge < -0.3 is 10.6 Å². The van der Waals surface area contributed by atoms with Crippen LogP contribution in [0.15, 0.2) is 18.2 Å². The second kappa shape index (κ2) is 3.82. The summed E-state index contributed by atoms with van der Waals surface area (Å²) in [6, 6.07) is 8.33. The largest absolute Gasteiger partial charge is 0.399 e. The maximum Gasteiger partial charge on any atom is 0.101 e. The Labute approximate surface area is 90.1 Å². The highest BCUT2D eigenvalue weighted by molar-refractivity contribution is 5.64. The van der Waals surface area contributed by atoms with Crippen molar-refractivity contribution in [2.24, 2.45) is 0 Å². The lowest BCUT2D eigenvalue weighted by molar-refractivity contribution is 0.401. The van der Waals surface area contributed by atoms with Crippen molar-refractivity contribution in [1.82, 2.24) is 0 Å². The van der Waals surface area contributed by atoms with Crippen molar-refractivity contribution in [2.75, 3.05) is 17.7 Å². The van der Waals surface area contributed by atoms with Crippen LogP contribution in [0.4, 0.5) is 11.4 Å². The van der Waals surface area contributed by atoms with Gasteiger partial charge in [-0.05, 0) is 37.5 Å².